The fourth-order valence-electron chi connectivity index (χ4n) is 4.51. The van der Waals surface area contributed by atoms with Crippen molar-refractivity contribution >= 4 is 44.7 Å². The van der Waals surface area contributed by atoms with E-state index in [0.29, 0.717) is 22.3 Å². The maximum Gasteiger partial charge on any atom is 0.346 e. The second-order valence-corrected chi connectivity index (χ2v) is 9.86. The number of nitro groups is 1. The summed E-state index contributed by atoms with van der Waals surface area (Å²) in [6, 6.07) is 8.05. The molecule has 1 saturated carbocycles. The average molecular weight is 587 g/mol. The number of benzene rings is 2. The summed E-state index contributed by atoms with van der Waals surface area (Å²) in [6.07, 6.45) is 5.25. The Bertz CT molecular complexity index is 1460. The van der Waals surface area contributed by atoms with Gasteiger partial charge in [0.1, 0.15) is 5.82 Å². The van der Waals surface area contributed by atoms with Gasteiger partial charge in [-0.3, -0.25) is 14.9 Å². The highest BCUT2D eigenvalue weighted by Gasteiger charge is 2.27. The van der Waals surface area contributed by atoms with Gasteiger partial charge < -0.3 is 14.2 Å². The standard InChI is InChI=1S/C26H27BrN4O7/c1-15(26(33)37-3)38-23-21(31(34)35)11-16(12-22(23)36-2)14-28-30-24(17-7-5-4-6-8-17)29-20-10-9-18(27)13-19(20)25(30)32/h9-15,17H,4-8H2,1-3H3/t15-/m0/s1. The molecule has 0 spiro atoms. The van der Waals surface area contributed by atoms with E-state index in [4.69, 9.17) is 14.5 Å². The molecule has 1 aliphatic rings. The van der Waals surface area contributed by atoms with Gasteiger partial charge in [-0.15, -0.1) is 0 Å². The second-order valence-electron chi connectivity index (χ2n) is 8.94. The lowest BCUT2D eigenvalue weighted by Crippen LogP contribution is -2.25. The molecule has 0 saturated heterocycles. The fraction of sp³-hybridized carbons (Fsp3) is 0.385. The van der Waals surface area contributed by atoms with Gasteiger partial charge in [-0.2, -0.15) is 9.78 Å². The minimum atomic E-state index is -1.10. The Morgan fingerprint density at radius 3 is 2.63 bits per heavy atom. The molecule has 3 aromatic rings. The van der Waals surface area contributed by atoms with Gasteiger partial charge >= 0.3 is 11.7 Å². The predicted octanol–water partition coefficient (Wildman–Crippen LogP) is 4.95. The lowest BCUT2D eigenvalue weighted by Gasteiger charge is -2.22. The molecule has 1 heterocycles. The molecular formula is C26H27BrN4O7. The Balaban J connectivity index is 1.82. The Labute approximate surface area is 226 Å². The Morgan fingerprint density at radius 2 is 1.97 bits per heavy atom. The number of carbonyl (C=O) groups excluding carboxylic acids is 1. The number of rotatable bonds is 8. The highest BCUT2D eigenvalue weighted by atomic mass is 79.9. The van der Waals surface area contributed by atoms with Gasteiger partial charge in [0.25, 0.3) is 5.56 Å². The lowest BCUT2D eigenvalue weighted by molar-refractivity contribution is -0.386. The van der Waals surface area contributed by atoms with E-state index in [-0.39, 0.29) is 23.0 Å². The molecule has 0 amide bonds. The van der Waals surface area contributed by atoms with Crippen LogP contribution in [0.1, 0.15) is 56.3 Å². The highest BCUT2D eigenvalue weighted by Crippen LogP contribution is 2.39. The van der Waals surface area contributed by atoms with Crippen LogP contribution in [0.4, 0.5) is 5.69 Å². The first-order valence-electron chi connectivity index (χ1n) is 12.1. The molecule has 1 atom stereocenters. The van der Waals surface area contributed by atoms with Crippen molar-refractivity contribution in [2.75, 3.05) is 14.2 Å². The van der Waals surface area contributed by atoms with Crippen molar-refractivity contribution in [3.05, 3.63) is 66.7 Å². The first kappa shape index (κ1) is 27.2. The van der Waals surface area contributed by atoms with Crippen LogP contribution in [0.25, 0.3) is 10.9 Å². The van der Waals surface area contributed by atoms with E-state index >= 15 is 0 Å². The molecule has 1 aromatic heterocycles. The molecule has 1 aliphatic carbocycles. The fourth-order valence-corrected chi connectivity index (χ4v) is 4.87. The van der Waals surface area contributed by atoms with Gasteiger partial charge in [0.2, 0.25) is 5.75 Å². The molecule has 11 nitrogen and oxygen atoms in total. The summed E-state index contributed by atoms with van der Waals surface area (Å²) in [5, 5.41) is 16.7. The van der Waals surface area contributed by atoms with Gasteiger partial charge in [0.05, 0.1) is 36.3 Å². The molecule has 0 radical (unpaired) electrons. The normalized spacial score (nSPS) is 14.9. The number of nitro benzene ring substituents is 1. The number of fused-ring (bicyclic) bond motifs is 1. The van der Waals surface area contributed by atoms with Gasteiger partial charge in [-0.1, -0.05) is 35.2 Å². The van der Waals surface area contributed by atoms with Crippen LogP contribution in [0.5, 0.6) is 11.5 Å². The molecule has 4 rings (SSSR count). The van der Waals surface area contributed by atoms with Crippen LogP contribution in [-0.2, 0) is 9.53 Å². The Kier molecular flexibility index (Phi) is 8.40. The van der Waals surface area contributed by atoms with Crippen LogP contribution in [0.15, 0.2) is 44.7 Å². The number of methoxy groups -OCH3 is 2. The van der Waals surface area contributed by atoms with E-state index in [1.807, 2.05) is 6.07 Å². The van der Waals surface area contributed by atoms with Gasteiger partial charge in [-0.05, 0) is 44.0 Å². The van der Waals surface area contributed by atoms with E-state index in [1.165, 1.54) is 44.2 Å². The van der Waals surface area contributed by atoms with Crippen LogP contribution in [-0.4, -0.2) is 47.1 Å². The van der Waals surface area contributed by atoms with E-state index in [2.05, 4.69) is 25.8 Å². The largest absolute Gasteiger partial charge is 0.493 e. The Morgan fingerprint density at radius 1 is 1.24 bits per heavy atom. The summed E-state index contributed by atoms with van der Waals surface area (Å²) < 4.78 is 17.5. The van der Waals surface area contributed by atoms with E-state index < -0.39 is 22.7 Å². The van der Waals surface area contributed by atoms with Gasteiger partial charge in [0, 0.05) is 22.0 Å². The number of nitrogens with zero attached hydrogens (tertiary/aromatic N) is 4. The topological polar surface area (TPSA) is 135 Å². The smallest absolute Gasteiger partial charge is 0.346 e. The number of hydrogen-bond donors (Lipinski definition) is 0. The maximum atomic E-state index is 13.5. The van der Waals surface area contributed by atoms with Crippen molar-refractivity contribution in [1.82, 2.24) is 9.66 Å². The molecule has 0 aliphatic heterocycles. The van der Waals surface area contributed by atoms with Gasteiger partial charge in [0.15, 0.2) is 11.9 Å². The predicted molar refractivity (Wildman–Crippen MR) is 144 cm³/mol. The Hall–Kier alpha value is -3.80. The molecule has 1 fully saturated rings. The zero-order valence-corrected chi connectivity index (χ0v) is 22.8. The van der Waals surface area contributed by atoms with Crippen molar-refractivity contribution in [2.24, 2.45) is 5.10 Å². The van der Waals surface area contributed by atoms with E-state index in [0.717, 1.165) is 36.6 Å². The molecule has 0 N–H and O–H groups in total. The van der Waals surface area contributed by atoms with Crippen molar-refractivity contribution in [3.8, 4) is 11.5 Å². The molecular weight excluding hydrogens is 560 g/mol. The monoisotopic (exact) mass is 586 g/mol. The average Bonchev–Trinajstić information content (AvgIpc) is 2.92. The number of carbonyl (C=O) groups is 1. The first-order valence-corrected chi connectivity index (χ1v) is 12.9. The third-order valence-corrected chi connectivity index (χ3v) is 6.92. The number of ether oxygens (including phenoxy) is 3. The van der Waals surface area contributed by atoms with Crippen LogP contribution in [0.2, 0.25) is 0 Å². The lowest BCUT2D eigenvalue weighted by atomic mass is 9.88. The SMILES string of the molecule is COC(=O)[C@H](C)Oc1c(OC)cc(C=Nn2c(C3CCCCC3)nc3ccc(Br)cc3c2=O)cc1[N+](=O)[O-]. The summed E-state index contributed by atoms with van der Waals surface area (Å²) in [5.41, 5.74) is 0.120. The number of halogens is 1. The highest BCUT2D eigenvalue weighted by molar-refractivity contribution is 9.10. The zero-order chi connectivity index (χ0) is 27.4. The van der Waals surface area contributed by atoms with Crippen molar-refractivity contribution < 1.29 is 23.9 Å². The van der Waals surface area contributed by atoms with Crippen LogP contribution in [0, 0.1) is 10.1 Å². The van der Waals surface area contributed by atoms with E-state index in [9.17, 15) is 19.7 Å². The minimum absolute atomic E-state index is 0.0248. The van der Waals surface area contributed by atoms with Gasteiger partial charge in [-0.25, -0.2) is 9.78 Å². The van der Waals surface area contributed by atoms with Crippen molar-refractivity contribution in [3.63, 3.8) is 0 Å². The second kappa shape index (κ2) is 11.7. The third-order valence-electron chi connectivity index (χ3n) is 6.43. The van der Waals surface area contributed by atoms with Crippen LogP contribution >= 0.6 is 15.9 Å². The number of aromatic nitrogens is 2. The summed E-state index contributed by atoms with van der Waals surface area (Å²) in [5.74, 6) is -0.256. The van der Waals surface area contributed by atoms with Crippen molar-refractivity contribution in [2.45, 2.75) is 51.0 Å². The quantitative estimate of drug-likeness (QED) is 0.156. The summed E-state index contributed by atoms with van der Waals surface area (Å²) in [4.78, 5) is 41.4. The minimum Gasteiger partial charge on any atom is -0.493 e. The molecule has 0 unspecified atom stereocenters. The van der Waals surface area contributed by atoms with Crippen LogP contribution in [0.3, 0.4) is 0 Å². The zero-order valence-electron chi connectivity index (χ0n) is 21.2. The molecule has 200 valence electrons. The summed E-state index contributed by atoms with van der Waals surface area (Å²) in [6.45, 7) is 1.41. The number of hydrogen-bond acceptors (Lipinski definition) is 9. The molecule has 12 heteroatoms. The number of esters is 1. The molecule has 2 aromatic carbocycles. The van der Waals surface area contributed by atoms with E-state index in [1.54, 1.807) is 12.1 Å². The molecule has 0 bridgehead atoms. The van der Waals surface area contributed by atoms with Crippen LogP contribution < -0.4 is 15.0 Å². The summed E-state index contributed by atoms with van der Waals surface area (Å²) in [7, 11) is 2.52. The molecule has 38 heavy (non-hydrogen) atoms. The third kappa shape index (κ3) is 5.69. The van der Waals surface area contributed by atoms with Crippen molar-refractivity contribution in [1.29, 1.82) is 0 Å². The summed E-state index contributed by atoms with van der Waals surface area (Å²) >= 11 is 3.40. The first-order chi connectivity index (χ1) is 18.2. The maximum absolute atomic E-state index is 13.5.